The normalized spacial score (nSPS) is 14.2. The van der Waals surface area contributed by atoms with Crippen LogP contribution in [0.4, 0.5) is 0 Å². The van der Waals surface area contributed by atoms with Crippen LogP contribution < -0.4 is 0 Å². The predicted octanol–water partition coefficient (Wildman–Crippen LogP) is 32.6. The SMILES string of the molecule is c1ccc(-c2cc(-c3ccccc3)cc(-c3ccc(C4c5ccccc5-c5cc6c(cc54)Cc4ccccc4-6)cc3)c2)cc1.c1ccc(-c2cc(-c3ccccc3)cc(-c3cccc(C4c5ccccc5-c5cc6c(cc54)Cc4ccccc4-6)c3)c2)cc1.c1ccc(-c2cc(-c3ccccc3)cc(C3c4ccccc4-c4cc5c(cc43)Cc3ccccc3-5)c2)cc1. The quantitative estimate of drug-likeness (QED) is 0.121. The van der Waals surface area contributed by atoms with Crippen LogP contribution in [0.25, 0.3) is 156 Å². The molecule has 0 N–H and O–H groups in total. The zero-order valence-electron chi connectivity index (χ0n) is 69.8. The van der Waals surface area contributed by atoms with Crippen molar-refractivity contribution in [3.05, 3.63) is 551 Å². The first kappa shape index (κ1) is 74.2. The maximum atomic E-state index is 2.51. The standard InChI is InChI=1S/2C44H30.C38H26/c1-3-12-29(13-4-1)34-24-35(30-14-5-2-6-15-30)26-36(25-34)31-17-11-18-33(22-31)44-40-21-10-9-20-39(40)42-28-41-37(27-43(42)44)23-32-16-7-8-19-38(32)41;1-3-11-29(12-4-1)34-24-35(30-13-5-2-6-14-30)26-36(25-34)31-19-21-32(22-20-31)44-40-18-10-9-17-39(40)42-28-41-37(27-43(42)44)23-33-15-7-8-16-38(33)41;1-3-11-25(12-4-1)28-20-29(26-13-5-2-6-14-26)22-31(21-28)38-34-18-10-9-17-33(34)36-24-35-30(23-37(36)38)19-27-15-7-8-16-32(27)35/h2*1-22,24-28,44H,23H2;1-18,20-24,38H,19H2. The topological polar surface area (TPSA) is 0 Å². The molecule has 3 unspecified atom stereocenters. The zero-order chi connectivity index (χ0) is 83.1. The maximum Gasteiger partial charge on any atom is 0.0352 e. The van der Waals surface area contributed by atoms with E-state index in [1.807, 2.05) is 0 Å². The van der Waals surface area contributed by atoms with E-state index in [0.29, 0.717) is 0 Å². The number of hydrogen-bond donors (Lipinski definition) is 0. The molecule has 590 valence electrons. The van der Waals surface area contributed by atoms with Crippen molar-refractivity contribution in [3.8, 4) is 156 Å². The molecule has 0 aliphatic heterocycles. The molecule has 0 saturated carbocycles. The van der Waals surface area contributed by atoms with Gasteiger partial charge in [0.2, 0.25) is 0 Å². The molecule has 0 heterocycles. The van der Waals surface area contributed by atoms with E-state index < -0.39 is 0 Å². The van der Waals surface area contributed by atoms with Gasteiger partial charge in [-0.3, -0.25) is 0 Å². The molecule has 3 atom stereocenters. The second-order valence-corrected chi connectivity index (χ2v) is 34.7. The van der Waals surface area contributed by atoms with Gasteiger partial charge in [0.25, 0.3) is 0 Å². The van der Waals surface area contributed by atoms with Crippen molar-refractivity contribution in [2.24, 2.45) is 0 Å². The second kappa shape index (κ2) is 31.4. The second-order valence-electron chi connectivity index (χ2n) is 34.7. The smallest absolute Gasteiger partial charge is 0.0352 e. The molecule has 0 nitrogen and oxygen atoms in total. The predicted molar refractivity (Wildman–Crippen MR) is 526 cm³/mol. The van der Waals surface area contributed by atoms with Crippen molar-refractivity contribution in [1.29, 1.82) is 0 Å². The Kier molecular flexibility index (Phi) is 18.5. The number of fused-ring (bicyclic) bond motifs is 18. The van der Waals surface area contributed by atoms with Crippen molar-refractivity contribution in [2.45, 2.75) is 37.0 Å². The van der Waals surface area contributed by atoms with E-state index in [9.17, 15) is 0 Å². The van der Waals surface area contributed by atoms with Gasteiger partial charge in [-0.1, -0.05) is 406 Å². The summed E-state index contributed by atoms with van der Waals surface area (Å²) in [5, 5.41) is 0. The molecule has 0 heteroatoms. The lowest BCUT2D eigenvalue weighted by molar-refractivity contribution is 1.01. The summed E-state index contributed by atoms with van der Waals surface area (Å²) in [6.07, 6.45) is 3.04. The number of rotatable bonds is 11. The molecule has 0 bridgehead atoms. The van der Waals surface area contributed by atoms with Crippen LogP contribution >= 0.6 is 0 Å². The van der Waals surface area contributed by atoms with E-state index in [0.717, 1.165) is 19.3 Å². The highest BCUT2D eigenvalue weighted by atomic mass is 14.4. The van der Waals surface area contributed by atoms with Gasteiger partial charge in [0.1, 0.15) is 0 Å². The van der Waals surface area contributed by atoms with Crippen LogP contribution in [0.1, 0.15) is 101 Å². The fraction of sp³-hybridized carbons (Fsp3) is 0.0476. The van der Waals surface area contributed by atoms with Crippen LogP contribution in [-0.2, 0) is 19.3 Å². The summed E-state index contributed by atoms with van der Waals surface area (Å²) in [5.41, 5.74) is 57.7. The minimum Gasteiger partial charge on any atom is -0.0622 e. The Morgan fingerprint density at radius 2 is 0.349 bits per heavy atom. The first-order valence-electron chi connectivity index (χ1n) is 44.5. The van der Waals surface area contributed by atoms with Crippen molar-refractivity contribution < 1.29 is 0 Å². The summed E-state index contributed by atoms with van der Waals surface area (Å²) in [7, 11) is 0. The fourth-order valence-electron chi connectivity index (χ4n) is 21.5. The Morgan fingerprint density at radius 1 is 0.111 bits per heavy atom. The van der Waals surface area contributed by atoms with Gasteiger partial charge in [0, 0.05) is 17.8 Å². The lowest BCUT2D eigenvalue weighted by atomic mass is 9.84. The van der Waals surface area contributed by atoms with Crippen molar-refractivity contribution >= 4 is 0 Å². The Balaban J connectivity index is 0.000000106. The molecule has 0 amide bonds. The number of benzene rings is 20. The van der Waals surface area contributed by atoms with Gasteiger partial charge in [-0.15, -0.1) is 0 Å². The molecule has 0 saturated heterocycles. The molecule has 126 heavy (non-hydrogen) atoms. The average Bonchev–Trinajstić information content (AvgIpc) is 1.58. The van der Waals surface area contributed by atoms with Crippen LogP contribution in [0.5, 0.6) is 0 Å². The van der Waals surface area contributed by atoms with E-state index in [-0.39, 0.29) is 17.8 Å². The highest BCUT2D eigenvalue weighted by Gasteiger charge is 2.37. The van der Waals surface area contributed by atoms with E-state index in [1.165, 1.54) is 239 Å². The van der Waals surface area contributed by atoms with Gasteiger partial charge in [-0.2, -0.15) is 0 Å². The molecule has 20 aromatic rings. The van der Waals surface area contributed by atoms with Crippen LogP contribution in [0.2, 0.25) is 0 Å². The molecule has 0 aromatic heterocycles. The third kappa shape index (κ3) is 13.3. The van der Waals surface area contributed by atoms with Gasteiger partial charge in [-0.05, 0) is 319 Å². The molecule has 0 radical (unpaired) electrons. The molecule has 6 aliphatic carbocycles. The van der Waals surface area contributed by atoms with Gasteiger partial charge < -0.3 is 0 Å². The van der Waals surface area contributed by atoms with Gasteiger partial charge in [0.15, 0.2) is 0 Å². The van der Waals surface area contributed by atoms with Gasteiger partial charge in [0.05, 0.1) is 0 Å². The lowest BCUT2D eigenvalue weighted by Gasteiger charge is -2.19. The van der Waals surface area contributed by atoms with Gasteiger partial charge in [-0.25, -0.2) is 0 Å². The molecule has 6 aliphatic rings. The average molecular weight is 1600 g/mol. The summed E-state index contributed by atoms with van der Waals surface area (Å²) in [5.74, 6) is 0.655. The maximum absolute atomic E-state index is 2.51. The molecular weight excluding hydrogens is 1510 g/mol. The first-order chi connectivity index (χ1) is 62.4. The van der Waals surface area contributed by atoms with Gasteiger partial charge >= 0.3 is 0 Å². The summed E-state index contributed by atoms with van der Waals surface area (Å²) in [6.45, 7) is 0. The van der Waals surface area contributed by atoms with Crippen LogP contribution in [-0.4, -0.2) is 0 Å². The van der Waals surface area contributed by atoms with E-state index in [2.05, 4.69) is 467 Å². The Morgan fingerprint density at radius 3 is 0.675 bits per heavy atom. The Bertz CT molecular complexity index is 7450. The third-order valence-electron chi connectivity index (χ3n) is 27.4. The van der Waals surface area contributed by atoms with E-state index in [4.69, 9.17) is 0 Å². The van der Waals surface area contributed by atoms with E-state index in [1.54, 1.807) is 0 Å². The minimum atomic E-state index is 0.209. The minimum absolute atomic E-state index is 0.209. The Hall–Kier alpha value is -15.6. The lowest BCUT2D eigenvalue weighted by Crippen LogP contribution is -2.01. The molecule has 20 aromatic carbocycles. The molecular formula is C126H86. The third-order valence-corrected chi connectivity index (χ3v) is 27.4. The molecule has 0 fully saturated rings. The largest absolute Gasteiger partial charge is 0.0622 e. The molecule has 26 rings (SSSR count). The van der Waals surface area contributed by atoms with Crippen molar-refractivity contribution in [2.75, 3.05) is 0 Å². The first-order valence-corrected chi connectivity index (χ1v) is 44.5. The molecule has 0 spiro atoms. The van der Waals surface area contributed by atoms with Crippen molar-refractivity contribution in [3.63, 3.8) is 0 Å². The highest BCUT2D eigenvalue weighted by Crippen LogP contribution is 2.57. The highest BCUT2D eigenvalue weighted by molar-refractivity contribution is 5.94. The summed E-state index contributed by atoms with van der Waals surface area (Å²) < 4.78 is 0. The van der Waals surface area contributed by atoms with Crippen LogP contribution in [0.15, 0.2) is 467 Å². The summed E-state index contributed by atoms with van der Waals surface area (Å²) in [6, 6.07) is 173. The van der Waals surface area contributed by atoms with Crippen LogP contribution in [0, 0.1) is 0 Å². The van der Waals surface area contributed by atoms with E-state index >= 15 is 0 Å². The number of hydrogen-bond acceptors (Lipinski definition) is 0. The summed E-state index contributed by atoms with van der Waals surface area (Å²) >= 11 is 0. The Labute approximate surface area is 738 Å². The zero-order valence-corrected chi connectivity index (χ0v) is 69.8. The summed E-state index contributed by atoms with van der Waals surface area (Å²) in [4.78, 5) is 0. The fourth-order valence-corrected chi connectivity index (χ4v) is 21.5. The monoisotopic (exact) mass is 1600 g/mol. The van der Waals surface area contributed by atoms with Crippen LogP contribution in [0.3, 0.4) is 0 Å². The van der Waals surface area contributed by atoms with Crippen molar-refractivity contribution in [1.82, 2.24) is 0 Å².